The highest BCUT2D eigenvalue weighted by Gasteiger charge is 2.20. The van der Waals surface area contributed by atoms with E-state index in [1.54, 1.807) is 49.9 Å². The maximum Gasteiger partial charge on any atom is 0.293 e. The van der Waals surface area contributed by atoms with Gasteiger partial charge in [0.25, 0.3) is 5.91 Å². The van der Waals surface area contributed by atoms with Crippen molar-refractivity contribution in [3.63, 3.8) is 0 Å². The number of nitrogens with one attached hydrogen (secondary N) is 1. The molecule has 0 aliphatic carbocycles. The average molecular weight is 485 g/mol. The minimum atomic E-state index is -3.58. The second-order valence-corrected chi connectivity index (χ2v) is 9.74. The Kier molecular flexibility index (Phi) is 6.47. The maximum absolute atomic E-state index is 12.6. The van der Waals surface area contributed by atoms with E-state index in [2.05, 4.69) is 10.3 Å². The standard InChI is InChI=1S/C23H20N2O6S2/c1-29-15-8-10-18(21(12-15)30-2)19-13-32-23(24-19)25-22(26)20-11-9-16(31-20)14-33(27,28)17-6-4-3-5-7-17/h3-13H,14H2,1-2H3,(H,24,25,26). The maximum atomic E-state index is 12.6. The Morgan fingerprint density at radius 1 is 1.06 bits per heavy atom. The van der Waals surface area contributed by atoms with E-state index in [1.807, 2.05) is 6.07 Å². The van der Waals surface area contributed by atoms with Crippen LogP contribution in [0.5, 0.6) is 11.5 Å². The van der Waals surface area contributed by atoms with Crippen LogP contribution < -0.4 is 14.8 Å². The number of hydrogen-bond donors (Lipinski definition) is 1. The highest BCUT2D eigenvalue weighted by Crippen LogP contribution is 2.35. The van der Waals surface area contributed by atoms with Gasteiger partial charge in [-0.05, 0) is 36.4 Å². The van der Waals surface area contributed by atoms with Crippen LogP contribution >= 0.6 is 11.3 Å². The van der Waals surface area contributed by atoms with Gasteiger partial charge in [-0.2, -0.15) is 0 Å². The molecule has 33 heavy (non-hydrogen) atoms. The van der Waals surface area contributed by atoms with Crippen LogP contribution in [-0.4, -0.2) is 33.5 Å². The number of carbonyl (C=O) groups excluding carboxylic acids is 1. The molecule has 2 heterocycles. The van der Waals surface area contributed by atoms with E-state index in [4.69, 9.17) is 13.9 Å². The first-order valence-corrected chi connectivity index (χ1v) is 12.3. The molecule has 0 unspecified atom stereocenters. The molecule has 2 aromatic heterocycles. The molecule has 0 bridgehead atoms. The number of methoxy groups -OCH3 is 2. The van der Waals surface area contributed by atoms with Crippen molar-refractivity contribution in [1.82, 2.24) is 4.98 Å². The molecule has 0 saturated carbocycles. The fourth-order valence-electron chi connectivity index (χ4n) is 3.10. The number of rotatable bonds is 8. The van der Waals surface area contributed by atoms with Crippen LogP contribution in [0.25, 0.3) is 11.3 Å². The molecule has 1 amide bonds. The van der Waals surface area contributed by atoms with E-state index in [0.29, 0.717) is 22.3 Å². The number of ether oxygens (including phenoxy) is 2. The zero-order valence-corrected chi connectivity index (χ0v) is 19.4. The molecular formula is C23H20N2O6S2. The van der Waals surface area contributed by atoms with Gasteiger partial charge in [-0.3, -0.25) is 10.1 Å². The number of thiazole rings is 1. The van der Waals surface area contributed by atoms with Crippen molar-refractivity contribution in [3.05, 3.63) is 77.6 Å². The van der Waals surface area contributed by atoms with Gasteiger partial charge in [0.05, 0.1) is 24.8 Å². The van der Waals surface area contributed by atoms with Gasteiger partial charge in [0.2, 0.25) is 0 Å². The molecule has 10 heteroatoms. The van der Waals surface area contributed by atoms with Gasteiger partial charge in [0, 0.05) is 17.0 Å². The summed E-state index contributed by atoms with van der Waals surface area (Å²) in [7, 11) is -0.453. The molecule has 0 fully saturated rings. The summed E-state index contributed by atoms with van der Waals surface area (Å²) in [5.74, 6) is 0.540. The summed E-state index contributed by atoms with van der Waals surface area (Å²) in [6, 6.07) is 16.4. The van der Waals surface area contributed by atoms with E-state index < -0.39 is 15.7 Å². The van der Waals surface area contributed by atoms with Gasteiger partial charge in [-0.25, -0.2) is 13.4 Å². The van der Waals surface area contributed by atoms with Crippen molar-refractivity contribution in [1.29, 1.82) is 0 Å². The number of amides is 1. The van der Waals surface area contributed by atoms with Gasteiger partial charge < -0.3 is 13.9 Å². The summed E-state index contributed by atoms with van der Waals surface area (Å²) in [6.45, 7) is 0. The highest BCUT2D eigenvalue weighted by atomic mass is 32.2. The van der Waals surface area contributed by atoms with Crippen LogP contribution in [0, 0.1) is 0 Å². The van der Waals surface area contributed by atoms with Crippen molar-refractivity contribution in [2.75, 3.05) is 19.5 Å². The smallest absolute Gasteiger partial charge is 0.293 e. The zero-order valence-electron chi connectivity index (χ0n) is 17.8. The third kappa shape index (κ3) is 5.07. The van der Waals surface area contributed by atoms with Crippen LogP contribution in [0.1, 0.15) is 16.3 Å². The molecule has 4 aromatic rings. The predicted octanol–water partition coefficient (Wildman–Crippen LogP) is 4.65. The SMILES string of the molecule is COc1ccc(-c2csc(NC(=O)c3ccc(CS(=O)(=O)c4ccccc4)o3)n2)c(OC)c1. The second kappa shape index (κ2) is 9.47. The number of furan rings is 1. The van der Waals surface area contributed by atoms with Crippen LogP contribution in [0.3, 0.4) is 0 Å². The summed E-state index contributed by atoms with van der Waals surface area (Å²) in [5.41, 5.74) is 1.38. The minimum absolute atomic E-state index is 0.00737. The van der Waals surface area contributed by atoms with Crippen molar-refractivity contribution in [2.24, 2.45) is 0 Å². The Morgan fingerprint density at radius 2 is 1.85 bits per heavy atom. The lowest BCUT2D eigenvalue weighted by molar-refractivity contribution is 0.0995. The Balaban J connectivity index is 1.46. The average Bonchev–Trinajstić information content (AvgIpc) is 3.48. The Morgan fingerprint density at radius 3 is 2.58 bits per heavy atom. The van der Waals surface area contributed by atoms with E-state index in [9.17, 15) is 13.2 Å². The number of aromatic nitrogens is 1. The number of carbonyl (C=O) groups is 1. The first-order chi connectivity index (χ1) is 15.9. The summed E-state index contributed by atoms with van der Waals surface area (Å²) in [6.07, 6.45) is 0. The fourth-order valence-corrected chi connectivity index (χ4v) is 5.07. The molecule has 0 atom stereocenters. The molecule has 0 spiro atoms. The number of nitrogens with zero attached hydrogens (tertiary/aromatic N) is 1. The fraction of sp³-hybridized carbons (Fsp3) is 0.130. The lowest BCUT2D eigenvalue weighted by Crippen LogP contribution is -2.10. The van der Waals surface area contributed by atoms with Crippen LogP contribution in [0.15, 0.2) is 75.4 Å². The number of sulfone groups is 1. The second-order valence-electron chi connectivity index (χ2n) is 6.90. The van der Waals surface area contributed by atoms with Crippen molar-refractivity contribution >= 4 is 32.2 Å². The van der Waals surface area contributed by atoms with E-state index in [1.165, 1.54) is 35.6 Å². The number of anilines is 1. The lowest BCUT2D eigenvalue weighted by Gasteiger charge is -2.08. The van der Waals surface area contributed by atoms with Gasteiger partial charge in [-0.1, -0.05) is 18.2 Å². The zero-order chi connectivity index (χ0) is 23.4. The minimum Gasteiger partial charge on any atom is -0.497 e. The Hall–Kier alpha value is -3.63. The van der Waals surface area contributed by atoms with Crippen molar-refractivity contribution in [2.45, 2.75) is 10.6 Å². The van der Waals surface area contributed by atoms with E-state index in [-0.39, 0.29) is 22.2 Å². The molecule has 0 aliphatic heterocycles. The quantitative estimate of drug-likeness (QED) is 0.388. The normalized spacial score (nSPS) is 11.2. The molecule has 4 rings (SSSR count). The molecule has 0 radical (unpaired) electrons. The highest BCUT2D eigenvalue weighted by molar-refractivity contribution is 7.90. The lowest BCUT2D eigenvalue weighted by atomic mass is 10.1. The molecule has 170 valence electrons. The van der Waals surface area contributed by atoms with Crippen molar-refractivity contribution in [3.8, 4) is 22.8 Å². The van der Waals surface area contributed by atoms with Crippen LogP contribution in [0.2, 0.25) is 0 Å². The molecular weight excluding hydrogens is 464 g/mol. The van der Waals surface area contributed by atoms with Crippen LogP contribution in [0.4, 0.5) is 5.13 Å². The topological polar surface area (TPSA) is 108 Å². The first kappa shape index (κ1) is 22.6. The summed E-state index contributed by atoms with van der Waals surface area (Å²) < 4.78 is 41.1. The monoisotopic (exact) mass is 484 g/mol. The summed E-state index contributed by atoms with van der Waals surface area (Å²) >= 11 is 1.24. The van der Waals surface area contributed by atoms with E-state index in [0.717, 1.165) is 5.56 Å². The summed E-state index contributed by atoms with van der Waals surface area (Å²) in [4.78, 5) is 17.2. The Bertz CT molecular complexity index is 1380. The third-order valence-corrected chi connectivity index (χ3v) is 7.14. The van der Waals surface area contributed by atoms with Gasteiger partial charge >= 0.3 is 0 Å². The number of hydrogen-bond acceptors (Lipinski definition) is 8. The molecule has 2 aromatic carbocycles. The largest absolute Gasteiger partial charge is 0.497 e. The molecule has 0 aliphatic rings. The number of benzene rings is 2. The summed E-state index contributed by atoms with van der Waals surface area (Å²) in [5, 5.41) is 4.83. The van der Waals surface area contributed by atoms with E-state index >= 15 is 0 Å². The van der Waals surface area contributed by atoms with Gasteiger partial charge in [0.15, 0.2) is 20.7 Å². The molecule has 1 N–H and O–H groups in total. The predicted molar refractivity (Wildman–Crippen MR) is 125 cm³/mol. The van der Waals surface area contributed by atoms with Gasteiger partial charge in [0.1, 0.15) is 23.0 Å². The third-order valence-electron chi connectivity index (χ3n) is 4.73. The van der Waals surface area contributed by atoms with Crippen molar-refractivity contribution < 1.29 is 27.1 Å². The van der Waals surface area contributed by atoms with Crippen LogP contribution in [-0.2, 0) is 15.6 Å². The molecule has 0 saturated heterocycles. The van der Waals surface area contributed by atoms with Gasteiger partial charge in [-0.15, -0.1) is 11.3 Å². The Labute approximate surface area is 194 Å². The molecule has 8 nitrogen and oxygen atoms in total. The first-order valence-electron chi connectivity index (χ1n) is 9.75.